The SMILES string of the molecule is CC(=O)O[C@H]1O[C@H]([C@H]2COC(C)(C)O2)[C@@H]2OC(C)(C)O[C@H]12. The standard InChI is InChI=1S/C14H22O7/c1-7(15)17-12-11-10(20-14(4,5)21-11)9(18-12)8-6-16-13(2,3)19-8/h8-12H,6H2,1-5H3/t8-,9-,10+,11+,12+/m1/s1. The number of fused-ring (bicyclic) bond motifs is 1. The Kier molecular flexibility index (Phi) is 3.53. The van der Waals surface area contributed by atoms with Crippen molar-refractivity contribution in [2.45, 2.75) is 76.9 Å². The second-order valence-corrected chi connectivity index (χ2v) is 6.51. The van der Waals surface area contributed by atoms with E-state index in [0.29, 0.717) is 6.61 Å². The monoisotopic (exact) mass is 302 g/mol. The lowest BCUT2D eigenvalue weighted by atomic mass is 10.1. The van der Waals surface area contributed by atoms with E-state index in [2.05, 4.69) is 0 Å². The van der Waals surface area contributed by atoms with Gasteiger partial charge in [-0.15, -0.1) is 0 Å². The highest BCUT2D eigenvalue weighted by molar-refractivity contribution is 5.66. The number of rotatable bonds is 2. The lowest BCUT2D eigenvalue weighted by Gasteiger charge is -2.26. The first kappa shape index (κ1) is 15.2. The molecule has 120 valence electrons. The van der Waals surface area contributed by atoms with Crippen LogP contribution in [0, 0.1) is 0 Å². The highest BCUT2D eigenvalue weighted by Crippen LogP contribution is 2.42. The summed E-state index contributed by atoms with van der Waals surface area (Å²) in [4.78, 5) is 11.2. The maximum Gasteiger partial charge on any atom is 0.305 e. The molecule has 21 heavy (non-hydrogen) atoms. The molecule has 5 atom stereocenters. The topological polar surface area (TPSA) is 72.5 Å². The summed E-state index contributed by atoms with van der Waals surface area (Å²) in [5.41, 5.74) is 0. The van der Waals surface area contributed by atoms with Gasteiger partial charge in [0.05, 0.1) is 6.61 Å². The van der Waals surface area contributed by atoms with Crippen molar-refractivity contribution in [2.24, 2.45) is 0 Å². The lowest BCUT2D eigenvalue weighted by Crippen LogP contribution is -2.40. The van der Waals surface area contributed by atoms with E-state index >= 15 is 0 Å². The van der Waals surface area contributed by atoms with E-state index in [4.69, 9.17) is 28.4 Å². The summed E-state index contributed by atoms with van der Waals surface area (Å²) in [5.74, 6) is -1.82. The molecule has 0 N–H and O–H groups in total. The van der Waals surface area contributed by atoms with Crippen LogP contribution in [0.15, 0.2) is 0 Å². The summed E-state index contributed by atoms with van der Waals surface area (Å²) < 4.78 is 34.1. The van der Waals surface area contributed by atoms with E-state index in [0.717, 1.165) is 0 Å². The van der Waals surface area contributed by atoms with Gasteiger partial charge in [0, 0.05) is 6.92 Å². The molecular formula is C14H22O7. The van der Waals surface area contributed by atoms with Gasteiger partial charge in [-0.3, -0.25) is 4.79 Å². The Hall–Kier alpha value is -0.730. The molecule has 0 aromatic rings. The Balaban J connectivity index is 1.77. The van der Waals surface area contributed by atoms with Crippen LogP contribution < -0.4 is 0 Å². The molecule has 0 amide bonds. The van der Waals surface area contributed by atoms with Crippen LogP contribution in [-0.2, 0) is 33.2 Å². The summed E-state index contributed by atoms with van der Waals surface area (Å²) in [5, 5.41) is 0. The van der Waals surface area contributed by atoms with Crippen LogP contribution in [-0.4, -0.2) is 54.9 Å². The molecule has 3 fully saturated rings. The number of carbonyl (C=O) groups is 1. The average Bonchev–Trinajstić information content (AvgIpc) is 2.91. The maximum atomic E-state index is 11.2. The third-order valence-corrected chi connectivity index (χ3v) is 3.73. The first-order valence-electron chi connectivity index (χ1n) is 7.17. The molecule has 0 aromatic carbocycles. The van der Waals surface area contributed by atoms with Gasteiger partial charge in [-0.25, -0.2) is 0 Å². The van der Waals surface area contributed by atoms with E-state index < -0.39 is 36.0 Å². The molecule has 0 unspecified atom stereocenters. The zero-order chi connectivity index (χ0) is 15.4. The van der Waals surface area contributed by atoms with Gasteiger partial charge in [-0.2, -0.15) is 0 Å². The van der Waals surface area contributed by atoms with Gasteiger partial charge in [-0.1, -0.05) is 0 Å². The van der Waals surface area contributed by atoms with Crippen LogP contribution in [0.1, 0.15) is 34.6 Å². The summed E-state index contributed by atoms with van der Waals surface area (Å²) in [6.45, 7) is 9.08. The van der Waals surface area contributed by atoms with Gasteiger partial charge in [-0.05, 0) is 27.7 Å². The van der Waals surface area contributed by atoms with Crippen molar-refractivity contribution in [2.75, 3.05) is 6.61 Å². The summed E-state index contributed by atoms with van der Waals surface area (Å²) in [6, 6.07) is 0. The fourth-order valence-electron chi connectivity index (χ4n) is 3.03. The van der Waals surface area contributed by atoms with Crippen molar-refractivity contribution in [3.63, 3.8) is 0 Å². The molecule has 7 nitrogen and oxygen atoms in total. The maximum absolute atomic E-state index is 11.2. The quantitative estimate of drug-likeness (QED) is 0.703. The Morgan fingerprint density at radius 1 is 1.00 bits per heavy atom. The molecule has 0 radical (unpaired) electrons. The second kappa shape index (κ2) is 4.89. The number of ether oxygens (including phenoxy) is 6. The van der Waals surface area contributed by atoms with Crippen molar-refractivity contribution >= 4 is 5.97 Å². The molecule has 3 rings (SSSR count). The number of carbonyl (C=O) groups excluding carboxylic acids is 1. The molecular weight excluding hydrogens is 280 g/mol. The van der Waals surface area contributed by atoms with Crippen LogP contribution in [0.5, 0.6) is 0 Å². The summed E-state index contributed by atoms with van der Waals surface area (Å²) in [6.07, 6.45) is -2.28. The van der Waals surface area contributed by atoms with Crippen LogP contribution in [0.25, 0.3) is 0 Å². The molecule has 0 aliphatic carbocycles. The third-order valence-electron chi connectivity index (χ3n) is 3.73. The van der Waals surface area contributed by atoms with Crippen molar-refractivity contribution < 1.29 is 33.2 Å². The first-order valence-corrected chi connectivity index (χ1v) is 7.17. The Morgan fingerprint density at radius 2 is 1.67 bits per heavy atom. The molecule has 3 aliphatic rings. The Morgan fingerprint density at radius 3 is 2.24 bits per heavy atom. The third kappa shape index (κ3) is 2.93. The van der Waals surface area contributed by atoms with Gasteiger partial charge in [0.2, 0.25) is 6.29 Å². The van der Waals surface area contributed by atoms with E-state index in [9.17, 15) is 4.79 Å². The highest BCUT2D eigenvalue weighted by atomic mass is 16.8. The fraction of sp³-hybridized carbons (Fsp3) is 0.929. The minimum Gasteiger partial charge on any atom is -0.433 e. The number of esters is 1. The minimum atomic E-state index is -0.786. The molecule has 3 aliphatic heterocycles. The van der Waals surface area contributed by atoms with Crippen molar-refractivity contribution in [1.29, 1.82) is 0 Å². The Labute approximate surface area is 123 Å². The predicted molar refractivity (Wildman–Crippen MR) is 69.2 cm³/mol. The zero-order valence-electron chi connectivity index (χ0n) is 13.0. The van der Waals surface area contributed by atoms with Crippen LogP contribution >= 0.6 is 0 Å². The molecule has 0 aromatic heterocycles. The van der Waals surface area contributed by atoms with Crippen LogP contribution in [0.4, 0.5) is 0 Å². The van der Waals surface area contributed by atoms with Gasteiger partial charge in [0.1, 0.15) is 18.3 Å². The normalized spacial score (nSPS) is 43.8. The van der Waals surface area contributed by atoms with Gasteiger partial charge in [0.25, 0.3) is 0 Å². The highest BCUT2D eigenvalue weighted by Gasteiger charge is 2.60. The number of hydrogen-bond acceptors (Lipinski definition) is 7. The molecule has 0 spiro atoms. The smallest absolute Gasteiger partial charge is 0.305 e. The van der Waals surface area contributed by atoms with Crippen LogP contribution in [0.3, 0.4) is 0 Å². The second-order valence-electron chi connectivity index (χ2n) is 6.51. The fourth-order valence-corrected chi connectivity index (χ4v) is 3.03. The van der Waals surface area contributed by atoms with E-state index in [-0.39, 0.29) is 12.2 Å². The zero-order valence-corrected chi connectivity index (χ0v) is 13.0. The first-order chi connectivity index (χ1) is 9.67. The molecule has 7 heteroatoms. The van der Waals surface area contributed by atoms with Crippen molar-refractivity contribution in [1.82, 2.24) is 0 Å². The molecule has 3 heterocycles. The summed E-state index contributed by atoms with van der Waals surface area (Å²) >= 11 is 0. The lowest BCUT2D eigenvalue weighted by molar-refractivity contribution is -0.244. The van der Waals surface area contributed by atoms with E-state index in [1.807, 2.05) is 27.7 Å². The van der Waals surface area contributed by atoms with Crippen LogP contribution in [0.2, 0.25) is 0 Å². The van der Waals surface area contributed by atoms with Gasteiger partial charge >= 0.3 is 5.97 Å². The minimum absolute atomic E-state index is 0.287. The molecule has 0 saturated carbocycles. The van der Waals surface area contributed by atoms with Gasteiger partial charge in [0.15, 0.2) is 17.7 Å². The average molecular weight is 302 g/mol. The van der Waals surface area contributed by atoms with E-state index in [1.54, 1.807) is 0 Å². The number of hydrogen-bond donors (Lipinski definition) is 0. The van der Waals surface area contributed by atoms with Gasteiger partial charge < -0.3 is 28.4 Å². The molecule has 3 saturated heterocycles. The van der Waals surface area contributed by atoms with E-state index in [1.165, 1.54) is 6.92 Å². The Bertz CT molecular complexity index is 433. The predicted octanol–water partition coefficient (Wildman–Crippen LogP) is 0.946. The van der Waals surface area contributed by atoms with Crippen molar-refractivity contribution in [3.8, 4) is 0 Å². The van der Waals surface area contributed by atoms with Crippen molar-refractivity contribution in [3.05, 3.63) is 0 Å². The largest absolute Gasteiger partial charge is 0.433 e. The molecule has 0 bridgehead atoms. The summed E-state index contributed by atoms with van der Waals surface area (Å²) in [7, 11) is 0.